The van der Waals surface area contributed by atoms with Crippen LogP contribution >= 0.6 is 0 Å². The van der Waals surface area contributed by atoms with Crippen molar-refractivity contribution in [2.45, 2.75) is 75.4 Å². The molecule has 5 heteroatoms. The molecule has 1 saturated carbocycles. The number of nitriles is 1. The summed E-state index contributed by atoms with van der Waals surface area (Å²) in [6.07, 6.45) is 11.1. The summed E-state index contributed by atoms with van der Waals surface area (Å²) < 4.78 is 0. The van der Waals surface area contributed by atoms with Gasteiger partial charge in [0, 0.05) is 12.0 Å². The number of benzene rings is 1. The zero-order valence-electron chi connectivity index (χ0n) is 16.3. The Morgan fingerprint density at radius 1 is 1.21 bits per heavy atom. The fourth-order valence-corrected chi connectivity index (χ4v) is 5.15. The van der Waals surface area contributed by atoms with Gasteiger partial charge >= 0.3 is 6.03 Å². The number of hydrogen-bond donors (Lipinski definition) is 2. The number of allylic oxidation sites excluding steroid dienone is 2. The SMILES string of the molecule is N#C[C@H]1[C@@H](c2ccccc2C2=CCCC2)[C@@H](CO)N1C(=O)NC1CCCCC1. The van der Waals surface area contributed by atoms with E-state index >= 15 is 0 Å². The second-order valence-electron chi connectivity index (χ2n) is 8.25. The van der Waals surface area contributed by atoms with E-state index in [0.717, 1.165) is 50.5 Å². The number of likely N-dealkylation sites (tertiary alicyclic amines) is 1. The Morgan fingerprint density at radius 2 is 2.00 bits per heavy atom. The van der Waals surface area contributed by atoms with Gasteiger partial charge in [-0.2, -0.15) is 5.26 Å². The summed E-state index contributed by atoms with van der Waals surface area (Å²) in [7, 11) is 0. The van der Waals surface area contributed by atoms with Gasteiger partial charge in [0.15, 0.2) is 0 Å². The molecular formula is C23H29N3O2. The highest BCUT2D eigenvalue weighted by molar-refractivity contribution is 5.78. The Hall–Kier alpha value is -2.32. The largest absolute Gasteiger partial charge is 0.394 e. The molecule has 3 atom stereocenters. The van der Waals surface area contributed by atoms with Crippen LogP contribution < -0.4 is 5.32 Å². The van der Waals surface area contributed by atoms with E-state index in [1.165, 1.54) is 17.6 Å². The minimum atomic E-state index is -0.538. The van der Waals surface area contributed by atoms with E-state index in [4.69, 9.17) is 0 Å². The van der Waals surface area contributed by atoms with E-state index in [-0.39, 0.29) is 30.6 Å². The van der Waals surface area contributed by atoms with Gasteiger partial charge in [0.25, 0.3) is 0 Å². The lowest BCUT2D eigenvalue weighted by atomic mass is 9.73. The quantitative estimate of drug-likeness (QED) is 0.832. The molecule has 2 N–H and O–H groups in total. The normalized spacial score (nSPS) is 27.6. The van der Waals surface area contributed by atoms with Crippen LogP contribution in [0.25, 0.3) is 5.57 Å². The number of hydrogen-bond acceptors (Lipinski definition) is 3. The third-order valence-electron chi connectivity index (χ3n) is 6.61. The van der Waals surface area contributed by atoms with Crippen molar-refractivity contribution in [3.05, 3.63) is 41.5 Å². The van der Waals surface area contributed by atoms with Gasteiger partial charge in [0.05, 0.1) is 18.7 Å². The van der Waals surface area contributed by atoms with Crippen molar-refractivity contribution in [1.29, 1.82) is 5.26 Å². The molecule has 3 aliphatic rings. The first-order valence-electron chi connectivity index (χ1n) is 10.6. The molecule has 1 heterocycles. The average molecular weight is 380 g/mol. The lowest BCUT2D eigenvalue weighted by molar-refractivity contribution is 0.0152. The van der Waals surface area contributed by atoms with Crippen molar-refractivity contribution in [2.75, 3.05) is 6.61 Å². The zero-order chi connectivity index (χ0) is 19.5. The first-order chi connectivity index (χ1) is 13.7. The van der Waals surface area contributed by atoms with Crippen LogP contribution in [0.15, 0.2) is 30.3 Å². The number of aliphatic hydroxyl groups excluding tert-OH is 1. The summed E-state index contributed by atoms with van der Waals surface area (Å²) in [5.74, 6) is -0.148. The summed E-state index contributed by atoms with van der Waals surface area (Å²) in [5, 5.41) is 23.0. The number of rotatable bonds is 4. The number of aliphatic hydroxyl groups is 1. The van der Waals surface area contributed by atoms with E-state index in [1.54, 1.807) is 4.90 Å². The van der Waals surface area contributed by atoms with Crippen molar-refractivity contribution in [3.8, 4) is 6.07 Å². The Labute approximate surface area is 167 Å². The molecule has 1 aromatic carbocycles. The van der Waals surface area contributed by atoms with Crippen LogP contribution in [0.1, 0.15) is 68.4 Å². The maximum absolute atomic E-state index is 12.9. The standard InChI is InChI=1S/C23H29N3O2/c24-14-20-22(19-13-7-6-12-18(19)16-8-4-5-9-16)21(15-27)26(20)23(28)25-17-10-2-1-3-11-17/h6-8,12-13,17,20-22,27H,1-5,9-11,15H2,(H,25,28)/t20-,21+,22+/m0/s1. The molecule has 0 aromatic heterocycles. The van der Waals surface area contributed by atoms with Crippen LogP contribution in [0.2, 0.25) is 0 Å². The minimum Gasteiger partial charge on any atom is -0.394 e. The van der Waals surface area contributed by atoms with E-state index in [1.807, 2.05) is 12.1 Å². The van der Waals surface area contributed by atoms with Crippen LogP contribution in [0, 0.1) is 11.3 Å². The van der Waals surface area contributed by atoms with E-state index < -0.39 is 6.04 Å². The Kier molecular flexibility index (Phi) is 5.68. The van der Waals surface area contributed by atoms with Gasteiger partial charge in [-0.15, -0.1) is 0 Å². The number of carbonyl (C=O) groups excluding carboxylic acids is 1. The fourth-order valence-electron chi connectivity index (χ4n) is 5.15. The highest BCUT2D eigenvalue weighted by Crippen LogP contribution is 2.44. The van der Waals surface area contributed by atoms with E-state index in [9.17, 15) is 15.2 Å². The monoisotopic (exact) mass is 379 g/mol. The number of amides is 2. The van der Waals surface area contributed by atoms with Crippen molar-refractivity contribution in [3.63, 3.8) is 0 Å². The number of nitrogens with zero attached hydrogens (tertiary/aromatic N) is 2. The Morgan fingerprint density at radius 3 is 2.68 bits per heavy atom. The van der Waals surface area contributed by atoms with Gasteiger partial charge in [-0.25, -0.2) is 4.79 Å². The third kappa shape index (κ3) is 3.42. The molecule has 2 fully saturated rings. The lowest BCUT2D eigenvalue weighted by Gasteiger charge is -2.52. The van der Waals surface area contributed by atoms with Gasteiger partial charge in [-0.05, 0) is 48.8 Å². The number of urea groups is 1. The molecule has 1 aromatic rings. The topological polar surface area (TPSA) is 76.4 Å². The maximum atomic E-state index is 12.9. The molecule has 2 aliphatic carbocycles. The second kappa shape index (κ2) is 8.36. The summed E-state index contributed by atoms with van der Waals surface area (Å²) in [5.41, 5.74) is 3.59. The summed E-state index contributed by atoms with van der Waals surface area (Å²) in [4.78, 5) is 14.5. The first-order valence-corrected chi connectivity index (χ1v) is 10.6. The Bertz CT molecular complexity index is 791. The number of nitrogens with one attached hydrogen (secondary N) is 1. The smallest absolute Gasteiger partial charge is 0.319 e. The molecule has 0 spiro atoms. The summed E-state index contributed by atoms with van der Waals surface area (Å²) in [6.45, 7) is -0.131. The summed E-state index contributed by atoms with van der Waals surface area (Å²) in [6, 6.07) is 9.62. The molecule has 28 heavy (non-hydrogen) atoms. The van der Waals surface area contributed by atoms with Gasteiger partial charge in [0.1, 0.15) is 6.04 Å². The molecule has 148 valence electrons. The molecule has 0 radical (unpaired) electrons. The van der Waals surface area contributed by atoms with Crippen LogP contribution in [0.5, 0.6) is 0 Å². The van der Waals surface area contributed by atoms with Crippen LogP contribution in [-0.2, 0) is 0 Å². The lowest BCUT2D eigenvalue weighted by Crippen LogP contribution is -2.68. The van der Waals surface area contributed by atoms with Gasteiger partial charge in [-0.3, -0.25) is 0 Å². The van der Waals surface area contributed by atoms with Crippen LogP contribution in [0.4, 0.5) is 4.79 Å². The minimum absolute atomic E-state index is 0.131. The predicted molar refractivity (Wildman–Crippen MR) is 109 cm³/mol. The van der Waals surface area contributed by atoms with Gasteiger partial charge in [-0.1, -0.05) is 49.6 Å². The molecular weight excluding hydrogens is 350 g/mol. The maximum Gasteiger partial charge on any atom is 0.319 e. The van der Waals surface area contributed by atoms with Crippen molar-refractivity contribution in [1.82, 2.24) is 10.2 Å². The van der Waals surface area contributed by atoms with E-state index in [2.05, 4.69) is 29.6 Å². The third-order valence-corrected chi connectivity index (χ3v) is 6.61. The first kappa shape index (κ1) is 19.0. The highest BCUT2D eigenvalue weighted by Gasteiger charge is 2.52. The molecule has 4 rings (SSSR count). The van der Waals surface area contributed by atoms with Crippen molar-refractivity contribution < 1.29 is 9.90 Å². The molecule has 2 amide bonds. The average Bonchev–Trinajstić information content (AvgIpc) is 3.24. The Balaban J connectivity index is 1.56. The predicted octanol–water partition coefficient (Wildman–Crippen LogP) is 3.95. The molecule has 1 aliphatic heterocycles. The highest BCUT2D eigenvalue weighted by atomic mass is 16.3. The number of carbonyl (C=O) groups is 1. The molecule has 1 saturated heterocycles. The van der Waals surface area contributed by atoms with Gasteiger partial charge < -0.3 is 15.3 Å². The van der Waals surface area contributed by atoms with Crippen LogP contribution in [0.3, 0.4) is 0 Å². The van der Waals surface area contributed by atoms with Crippen LogP contribution in [-0.4, -0.2) is 40.8 Å². The second-order valence-corrected chi connectivity index (χ2v) is 8.25. The summed E-state index contributed by atoms with van der Waals surface area (Å²) >= 11 is 0. The zero-order valence-corrected chi connectivity index (χ0v) is 16.3. The van der Waals surface area contributed by atoms with Crippen molar-refractivity contribution in [2.24, 2.45) is 0 Å². The molecule has 0 bridgehead atoms. The van der Waals surface area contributed by atoms with Gasteiger partial charge in [0.2, 0.25) is 0 Å². The molecule has 0 unspecified atom stereocenters. The molecule has 5 nitrogen and oxygen atoms in total. The van der Waals surface area contributed by atoms with E-state index in [0.29, 0.717) is 0 Å². The fraction of sp³-hybridized carbons (Fsp3) is 0.565. The van der Waals surface area contributed by atoms with Crippen molar-refractivity contribution >= 4 is 11.6 Å².